The van der Waals surface area contributed by atoms with Crippen molar-refractivity contribution in [2.45, 2.75) is 32.2 Å². The van der Waals surface area contributed by atoms with Crippen molar-refractivity contribution in [3.8, 4) is 5.75 Å². The van der Waals surface area contributed by atoms with E-state index in [0.717, 1.165) is 31.1 Å². The Labute approximate surface area is 102 Å². The largest absolute Gasteiger partial charge is 0.487 e. The van der Waals surface area contributed by atoms with Crippen molar-refractivity contribution in [2.24, 2.45) is 0 Å². The molecule has 17 heavy (non-hydrogen) atoms. The van der Waals surface area contributed by atoms with Crippen LogP contribution in [-0.2, 0) is 0 Å². The van der Waals surface area contributed by atoms with E-state index in [0.29, 0.717) is 12.0 Å². The zero-order chi connectivity index (χ0) is 12.0. The van der Waals surface area contributed by atoms with Gasteiger partial charge in [-0.15, -0.1) is 0 Å². The minimum Gasteiger partial charge on any atom is -0.487 e. The second-order valence-corrected chi connectivity index (χ2v) is 5.25. The average molecular weight is 230 g/mol. The van der Waals surface area contributed by atoms with E-state index in [2.05, 4.69) is 36.4 Å². The number of fused-ring (bicyclic) bond motifs is 3. The van der Waals surface area contributed by atoms with Crippen molar-refractivity contribution in [2.75, 3.05) is 18.1 Å². The molecule has 1 atom stereocenters. The molecule has 3 nitrogen and oxygen atoms in total. The molecule has 1 fully saturated rings. The van der Waals surface area contributed by atoms with Crippen molar-refractivity contribution in [1.82, 2.24) is 4.98 Å². The van der Waals surface area contributed by atoms with E-state index < -0.39 is 0 Å². The Bertz CT molecular complexity index is 467. The lowest BCUT2D eigenvalue weighted by Crippen LogP contribution is -2.39. The molecular formula is C14H18N2O. The third-order valence-electron chi connectivity index (χ3n) is 3.59. The first-order valence-electron chi connectivity index (χ1n) is 6.22. The minimum absolute atomic E-state index is 0.435. The van der Waals surface area contributed by atoms with Crippen LogP contribution in [0, 0.1) is 0 Å². The Kier molecular flexibility index (Phi) is 2.35. The Hall–Kier alpha value is -1.51. The fraction of sp³-hybridized carbons (Fsp3) is 0.500. The number of hydrogen-bond acceptors (Lipinski definition) is 3. The standard InChI is InChI=1S/C14H18N2O/c1-9(2)12-4-5-15-14-13(12)17-8-11-6-10(3)7-16(11)14/h4-5,9,11H,3,6-8H2,1-2H3. The van der Waals surface area contributed by atoms with Crippen LogP contribution < -0.4 is 9.64 Å². The van der Waals surface area contributed by atoms with Gasteiger partial charge in [-0.25, -0.2) is 4.98 Å². The number of nitrogens with zero attached hydrogens (tertiary/aromatic N) is 2. The van der Waals surface area contributed by atoms with Crippen molar-refractivity contribution >= 4 is 5.82 Å². The molecular weight excluding hydrogens is 212 g/mol. The van der Waals surface area contributed by atoms with Crippen molar-refractivity contribution in [3.05, 3.63) is 30.0 Å². The molecule has 1 unspecified atom stereocenters. The van der Waals surface area contributed by atoms with Gasteiger partial charge >= 0.3 is 0 Å². The summed E-state index contributed by atoms with van der Waals surface area (Å²) >= 11 is 0. The van der Waals surface area contributed by atoms with E-state index >= 15 is 0 Å². The zero-order valence-electron chi connectivity index (χ0n) is 10.4. The number of aromatic nitrogens is 1. The minimum atomic E-state index is 0.435. The first-order valence-corrected chi connectivity index (χ1v) is 6.22. The molecule has 0 N–H and O–H groups in total. The summed E-state index contributed by atoms with van der Waals surface area (Å²) in [6.07, 6.45) is 2.92. The molecule has 3 rings (SSSR count). The number of pyridine rings is 1. The summed E-state index contributed by atoms with van der Waals surface area (Å²) in [5.41, 5.74) is 2.54. The van der Waals surface area contributed by atoms with Crippen molar-refractivity contribution < 1.29 is 4.74 Å². The highest BCUT2D eigenvalue weighted by Gasteiger charge is 2.35. The molecule has 0 bridgehead atoms. The molecule has 90 valence electrons. The number of rotatable bonds is 1. The lowest BCUT2D eigenvalue weighted by molar-refractivity contribution is 0.267. The predicted octanol–water partition coefficient (Wildman–Crippen LogP) is 2.73. The normalized spacial score (nSPS) is 22.4. The van der Waals surface area contributed by atoms with Crippen LogP contribution in [0.1, 0.15) is 31.7 Å². The summed E-state index contributed by atoms with van der Waals surface area (Å²) in [5.74, 6) is 2.45. The summed E-state index contributed by atoms with van der Waals surface area (Å²) in [4.78, 5) is 6.84. The maximum Gasteiger partial charge on any atom is 0.172 e. The Morgan fingerprint density at radius 1 is 1.53 bits per heavy atom. The van der Waals surface area contributed by atoms with Gasteiger partial charge in [0.05, 0.1) is 6.04 Å². The molecule has 0 aromatic carbocycles. The lowest BCUT2D eigenvalue weighted by Gasteiger charge is -2.33. The van der Waals surface area contributed by atoms with Crippen LogP contribution in [0.25, 0.3) is 0 Å². The number of anilines is 1. The molecule has 0 spiro atoms. The Morgan fingerprint density at radius 2 is 2.35 bits per heavy atom. The average Bonchev–Trinajstić information content (AvgIpc) is 2.68. The van der Waals surface area contributed by atoms with Crippen LogP contribution in [0.4, 0.5) is 5.82 Å². The van der Waals surface area contributed by atoms with Gasteiger partial charge in [-0.1, -0.05) is 26.0 Å². The second kappa shape index (κ2) is 3.76. The monoisotopic (exact) mass is 230 g/mol. The topological polar surface area (TPSA) is 25.4 Å². The van der Waals surface area contributed by atoms with Gasteiger partial charge in [0.15, 0.2) is 11.6 Å². The van der Waals surface area contributed by atoms with Crippen molar-refractivity contribution in [3.63, 3.8) is 0 Å². The molecule has 1 saturated heterocycles. The van der Waals surface area contributed by atoms with Crippen LogP contribution in [0.3, 0.4) is 0 Å². The van der Waals surface area contributed by atoms with Crippen LogP contribution in [0.15, 0.2) is 24.4 Å². The fourth-order valence-corrected chi connectivity index (χ4v) is 2.71. The maximum atomic E-state index is 5.93. The number of hydrogen-bond donors (Lipinski definition) is 0. The number of ether oxygens (including phenoxy) is 1. The SMILES string of the molecule is C=C1CC2COc3c(C(C)C)ccnc3N2C1. The molecule has 0 amide bonds. The van der Waals surface area contributed by atoms with Crippen molar-refractivity contribution in [1.29, 1.82) is 0 Å². The van der Waals surface area contributed by atoms with Gasteiger partial charge in [-0.2, -0.15) is 0 Å². The van der Waals surface area contributed by atoms with E-state index in [9.17, 15) is 0 Å². The first kappa shape index (κ1) is 10.6. The van der Waals surface area contributed by atoms with Gasteiger partial charge in [-0.05, 0) is 18.4 Å². The molecule has 0 aliphatic carbocycles. The van der Waals surface area contributed by atoms with Gasteiger partial charge < -0.3 is 9.64 Å². The van der Waals surface area contributed by atoms with Crippen LogP contribution in [-0.4, -0.2) is 24.2 Å². The van der Waals surface area contributed by atoms with E-state index in [1.165, 1.54) is 11.1 Å². The molecule has 0 radical (unpaired) electrons. The molecule has 3 heteroatoms. The summed E-state index contributed by atoms with van der Waals surface area (Å²) in [5, 5.41) is 0. The third kappa shape index (κ3) is 1.61. The molecule has 1 aromatic rings. The van der Waals surface area contributed by atoms with Gasteiger partial charge in [0.1, 0.15) is 6.61 Å². The van der Waals surface area contributed by atoms with E-state index in [1.807, 2.05) is 6.20 Å². The summed E-state index contributed by atoms with van der Waals surface area (Å²) < 4.78 is 5.93. The first-order chi connectivity index (χ1) is 8.16. The highest BCUT2D eigenvalue weighted by Crippen LogP contribution is 2.41. The fourth-order valence-electron chi connectivity index (χ4n) is 2.71. The van der Waals surface area contributed by atoms with Gasteiger partial charge in [0.25, 0.3) is 0 Å². The van der Waals surface area contributed by atoms with Crippen LogP contribution in [0.2, 0.25) is 0 Å². The zero-order valence-corrected chi connectivity index (χ0v) is 10.4. The van der Waals surface area contributed by atoms with Gasteiger partial charge in [0, 0.05) is 18.3 Å². The summed E-state index contributed by atoms with van der Waals surface area (Å²) in [6, 6.07) is 2.50. The van der Waals surface area contributed by atoms with Crippen LogP contribution in [0.5, 0.6) is 5.75 Å². The third-order valence-corrected chi connectivity index (χ3v) is 3.59. The maximum absolute atomic E-state index is 5.93. The van der Waals surface area contributed by atoms with Gasteiger partial charge in [0.2, 0.25) is 0 Å². The summed E-state index contributed by atoms with van der Waals surface area (Å²) in [7, 11) is 0. The molecule has 2 aliphatic rings. The molecule has 2 aliphatic heterocycles. The lowest BCUT2D eigenvalue weighted by atomic mass is 10.0. The van der Waals surface area contributed by atoms with E-state index in [4.69, 9.17) is 4.74 Å². The summed E-state index contributed by atoms with van der Waals surface area (Å²) in [6.45, 7) is 10.1. The van der Waals surface area contributed by atoms with Gasteiger partial charge in [-0.3, -0.25) is 0 Å². The highest BCUT2D eigenvalue weighted by atomic mass is 16.5. The van der Waals surface area contributed by atoms with E-state index in [1.54, 1.807) is 0 Å². The smallest absolute Gasteiger partial charge is 0.172 e. The molecule has 3 heterocycles. The highest BCUT2D eigenvalue weighted by molar-refractivity contribution is 5.61. The quantitative estimate of drug-likeness (QED) is 0.694. The van der Waals surface area contributed by atoms with E-state index in [-0.39, 0.29) is 0 Å². The molecule has 1 aromatic heterocycles. The Balaban J connectivity index is 2.06. The molecule has 0 saturated carbocycles. The Morgan fingerprint density at radius 3 is 3.12 bits per heavy atom. The predicted molar refractivity (Wildman–Crippen MR) is 68.7 cm³/mol. The second-order valence-electron chi connectivity index (χ2n) is 5.25. The van der Waals surface area contributed by atoms with Crippen LogP contribution >= 0.6 is 0 Å².